The van der Waals surface area contributed by atoms with E-state index in [1.54, 1.807) is 5.32 Å². The lowest BCUT2D eigenvalue weighted by Gasteiger charge is -2.18. The van der Waals surface area contributed by atoms with Crippen molar-refractivity contribution in [3.8, 4) is 0 Å². The van der Waals surface area contributed by atoms with Crippen LogP contribution in [0.15, 0.2) is 12.1 Å². The molecule has 0 aliphatic carbocycles. The van der Waals surface area contributed by atoms with Gasteiger partial charge in [0, 0.05) is 25.3 Å². The van der Waals surface area contributed by atoms with Crippen LogP contribution in [0.3, 0.4) is 0 Å². The number of hydrogen-bond donors (Lipinski definition) is 3. The fourth-order valence-electron chi connectivity index (χ4n) is 2.30. The van der Waals surface area contributed by atoms with E-state index < -0.39 is 35.0 Å². The largest absolute Gasteiger partial charge is 0.396 e. The molecule has 0 bridgehead atoms. The van der Waals surface area contributed by atoms with Crippen LogP contribution in [-0.2, 0) is 9.59 Å². The molecule has 1 unspecified atom stereocenters. The molecule has 0 aliphatic rings. The van der Waals surface area contributed by atoms with E-state index in [2.05, 4.69) is 5.32 Å². The highest BCUT2D eigenvalue weighted by Gasteiger charge is 2.20. The molecule has 0 saturated heterocycles. The first-order valence-corrected chi connectivity index (χ1v) is 7.59. The van der Waals surface area contributed by atoms with Gasteiger partial charge in [-0.15, -0.1) is 0 Å². The fraction of sp³-hybridized carbons (Fsp3) is 0.500. The van der Waals surface area contributed by atoms with E-state index in [1.165, 1.54) is 0 Å². The van der Waals surface area contributed by atoms with Gasteiger partial charge in [0.1, 0.15) is 11.5 Å². The van der Waals surface area contributed by atoms with Crippen molar-refractivity contribution < 1.29 is 27.9 Å². The zero-order valence-electron chi connectivity index (χ0n) is 13.5. The maximum absolute atomic E-state index is 13.4. The van der Waals surface area contributed by atoms with Gasteiger partial charge in [0.25, 0.3) is 0 Å². The van der Waals surface area contributed by atoms with Crippen LogP contribution in [0.5, 0.6) is 0 Å². The molecule has 0 radical (unpaired) electrons. The summed E-state index contributed by atoms with van der Waals surface area (Å²) in [5.41, 5.74) is -0.884. The summed E-state index contributed by atoms with van der Waals surface area (Å²) in [5, 5.41) is 13.1. The van der Waals surface area contributed by atoms with Crippen molar-refractivity contribution >= 4 is 17.5 Å². The lowest BCUT2D eigenvalue weighted by molar-refractivity contribution is -0.136. The highest BCUT2D eigenvalue weighted by Crippen LogP contribution is 2.20. The number of carbonyl (C=O) groups excluding carboxylic acids is 2. The van der Waals surface area contributed by atoms with Crippen LogP contribution in [-0.4, -0.2) is 30.1 Å². The van der Waals surface area contributed by atoms with Gasteiger partial charge < -0.3 is 15.7 Å². The molecule has 1 atom stereocenters. The first-order valence-electron chi connectivity index (χ1n) is 7.59. The zero-order valence-corrected chi connectivity index (χ0v) is 13.5. The highest BCUT2D eigenvalue weighted by molar-refractivity contribution is 6.39. The molecule has 0 saturated carbocycles. The molecule has 0 fully saturated rings. The Morgan fingerprint density at radius 2 is 1.71 bits per heavy atom. The van der Waals surface area contributed by atoms with E-state index >= 15 is 0 Å². The number of nitrogens with one attached hydrogen (secondary N) is 2. The molecule has 134 valence electrons. The second-order valence-electron chi connectivity index (χ2n) is 5.92. The van der Waals surface area contributed by atoms with Crippen molar-refractivity contribution in [1.82, 2.24) is 5.32 Å². The second kappa shape index (κ2) is 9.27. The third-order valence-corrected chi connectivity index (χ3v) is 3.35. The van der Waals surface area contributed by atoms with Gasteiger partial charge in [0.2, 0.25) is 0 Å². The predicted molar refractivity (Wildman–Crippen MR) is 82.6 cm³/mol. The van der Waals surface area contributed by atoms with Crippen molar-refractivity contribution in [1.29, 1.82) is 0 Å². The number of hydrogen-bond acceptors (Lipinski definition) is 3. The molecular weight excluding hydrogens is 325 g/mol. The van der Waals surface area contributed by atoms with Gasteiger partial charge in [-0.1, -0.05) is 13.8 Å². The average Bonchev–Trinajstić information content (AvgIpc) is 2.47. The summed E-state index contributed by atoms with van der Waals surface area (Å²) in [6, 6.07) is 0.799. The summed E-state index contributed by atoms with van der Waals surface area (Å²) in [6.07, 6.45) is 1.20. The molecule has 1 aromatic rings. The summed E-state index contributed by atoms with van der Waals surface area (Å²) in [4.78, 5) is 23.4. The molecule has 8 heteroatoms. The molecular formula is C16H21F3N2O3. The van der Waals surface area contributed by atoms with E-state index in [1.807, 2.05) is 13.8 Å². The van der Waals surface area contributed by atoms with Crippen molar-refractivity contribution in [2.24, 2.45) is 11.8 Å². The third-order valence-electron chi connectivity index (χ3n) is 3.35. The molecule has 1 rings (SSSR count). The van der Waals surface area contributed by atoms with Crippen molar-refractivity contribution in [3.05, 3.63) is 29.6 Å². The predicted octanol–water partition coefficient (Wildman–Crippen LogP) is 2.20. The number of benzene rings is 1. The van der Waals surface area contributed by atoms with Crippen LogP contribution in [0.4, 0.5) is 18.9 Å². The minimum absolute atomic E-state index is 0.0222. The lowest BCUT2D eigenvalue weighted by Crippen LogP contribution is -2.38. The average molecular weight is 346 g/mol. The monoisotopic (exact) mass is 346 g/mol. The molecule has 24 heavy (non-hydrogen) atoms. The number of anilines is 1. The molecule has 1 aromatic carbocycles. The summed E-state index contributed by atoms with van der Waals surface area (Å²) in [7, 11) is 0. The zero-order chi connectivity index (χ0) is 18.3. The van der Waals surface area contributed by atoms with Gasteiger partial charge >= 0.3 is 11.8 Å². The molecule has 5 nitrogen and oxygen atoms in total. The van der Waals surface area contributed by atoms with Crippen molar-refractivity contribution in [2.45, 2.75) is 26.7 Å². The maximum Gasteiger partial charge on any atom is 0.313 e. The van der Waals surface area contributed by atoms with Crippen molar-refractivity contribution in [2.75, 3.05) is 18.5 Å². The van der Waals surface area contributed by atoms with Crippen LogP contribution >= 0.6 is 0 Å². The Kier molecular flexibility index (Phi) is 7.70. The number of aliphatic hydroxyl groups excluding tert-OH is 1. The van der Waals surface area contributed by atoms with Crippen LogP contribution in [0, 0.1) is 29.3 Å². The minimum Gasteiger partial charge on any atom is -0.396 e. The van der Waals surface area contributed by atoms with Gasteiger partial charge in [-0.3, -0.25) is 9.59 Å². The summed E-state index contributed by atoms with van der Waals surface area (Å²) < 4.78 is 39.7. The smallest absolute Gasteiger partial charge is 0.313 e. The Bertz CT molecular complexity index is 571. The Morgan fingerprint density at radius 3 is 2.21 bits per heavy atom. The van der Waals surface area contributed by atoms with Crippen LogP contribution in [0.25, 0.3) is 0 Å². The summed E-state index contributed by atoms with van der Waals surface area (Å²) in [6.45, 7) is 4.07. The van der Waals surface area contributed by atoms with Gasteiger partial charge in [-0.2, -0.15) is 0 Å². The van der Waals surface area contributed by atoms with E-state index in [-0.39, 0.29) is 19.1 Å². The van der Waals surface area contributed by atoms with Crippen LogP contribution < -0.4 is 10.6 Å². The quantitative estimate of drug-likeness (QED) is 0.663. The van der Waals surface area contributed by atoms with Gasteiger partial charge in [0.05, 0.1) is 0 Å². The van der Waals surface area contributed by atoms with Gasteiger partial charge in [-0.25, -0.2) is 13.2 Å². The number of amides is 2. The Balaban J connectivity index is 2.63. The molecule has 0 spiro atoms. The van der Waals surface area contributed by atoms with Crippen LogP contribution in [0.1, 0.15) is 26.7 Å². The SMILES string of the molecule is CC(C)CC(CCO)CNC(=O)C(=O)Nc1c(F)cc(F)cc1F. The van der Waals surface area contributed by atoms with Gasteiger partial charge in [-0.05, 0) is 24.7 Å². The first-order chi connectivity index (χ1) is 11.2. The highest BCUT2D eigenvalue weighted by atomic mass is 19.1. The number of halogens is 3. The number of aliphatic hydroxyl groups is 1. The van der Waals surface area contributed by atoms with Crippen LogP contribution in [0.2, 0.25) is 0 Å². The molecule has 2 amide bonds. The maximum atomic E-state index is 13.4. The van der Waals surface area contributed by atoms with E-state index in [0.717, 1.165) is 6.42 Å². The summed E-state index contributed by atoms with van der Waals surface area (Å²) >= 11 is 0. The topological polar surface area (TPSA) is 78.4 Å². The standard InChI is InChI=1S/C16H21F3N2O3/c1-9(2)5-10(3-4-22)8-20-15(23)16(24)21-14-12(18)6-11(17)7-13(14)19/h6-7,9-10,22H,3-5,8H2,1-2H3,(H,20,23)(H,21,24). The molecule has 0 heterocycles. The van der Waals surface area contributed by atoms with E-state index in [4.69, 9.17) is 5.11 Å². The Labute approximate surface area is 138 Å². The normalized spacial score (nSPS) is 12.1. The van der Waals surface area contributed by atoms with E-state index in [0.29, 0.717) is 24.5 Å². The Morgan fingerprint density at radius 1 is 1.12 bits per heavy atom. The minimum atomic E-state index is -1.31. The van der Waals surface area contributed by atoms with E-state index in [9.17, 15) is 22.8 Å². The third kappa shape index (κ3) is 6.19. The molecule has 3 N–H and O–H groups in total. The fourth-order valence-corrected chi connectivity index (χ4v) is 2.30. The second-order valence-corrected chi connectivity index (χ2v) is 5.92. The molecule has 0 aromatic heterocycles. The first kappa shape index (κ1) is 20.0. The number of carbonyl (C=O) groups is 2. The lowest BCUT2D eigenvalue weighted by atomic mass is 9.94. The molecule has 0 aliphatic heterocycles. The van der Waals surface area contributed by atoms with Gasteiger partial charge in [0.15, 0.2) is 11.6 Å². The number of rotatable bonds is 7. The summed E-state index contributed by atoms with van der Waals surface area (Å²) in [5.74, 6) is -5.76. The van der Waals surface area contributed by atoms with Crippen molar-refractivity contribution in [3.63, 3.8) is 0 Å². The Hall–Kier alpha value is -2.09.